The predicted molar refractivity (Wildman–Crippen MR) is 125 cm³/mol. The first kappa shape index (κ1) is 22.3. The summed E-state index contributed by atoms with van der Waals surface area (Å²) in [5.74, 6) is 1.36. The molecule has 168 valence electrons. The quantitative estimate of drug-likeness (QED) is 0.504. The Morgan fingerprint density at radius 2 is 1.81 bits per heavy atom. The van der Waals surface area contributed by atoms with E-state index in [2.05, 4.69) is 10.2 Å². The van der Waals surface area contributed by atoms with Gasteiger partial charge in [0.25, 0.3) is 5.91 Å². The second kappa shape index (κ2) is 11.7. The second-order valence-corrected chi connectivity index (χ2v) is 8.56. The minimum Gasteiger partial charge on any atom is -0.492 e. The maximum atomic E-state index is 12.6. The number of carbonyl (C=O) groups excluding carboxylic acids is 1. The largest absolute Gasteiger partial charge is 0.492 e. The van der Waals surface area contributed by atoms with Crippen LogP contribution in [0.25, 0.3) is 0 Å². The summed E-state index contributed by atoms with van der Waals surface area (Å²) in [4.78, 5) is 16.1. The molecule has 7 heteroatoms. The van der Waals surface area contributed by atoms with E-state index in [0.717, 1.165) is 49.0 Å². The van der Waals surface area contributed by atoms with E-state index in [1.165, 1.54) is 0 Å². The van der Waals surface area contributed by atoms with Crippen molar-refractivity contribution < 1.29 is 19.0 Å². The summed E-state index contributed by atoms with van der Waals surface area (Å²) < 4.78 is 17.1. The van der Waals surface area contributed by atoms with E-state index in [1.807, 2.05) is 53.9 Å². The lowest BCUT2D eigenvalue weighted by molar-refractivity contribution is 0.0322. The van der Waals surface area contributed by atoms with Gasteiger partial charge < -0.3 is 19.5 Å². The number of thiophene rings is 1. The van der Waals surface area contributed by atoms with E-state index >= 15 is 0 Å². The first-order chi connectivity index (χ1) is 15.8. The molecule has 1 N–H and O–H groups in total. The van der Waals surface area contributed by atoms with Gasteiger partial charge in [-0.2, -0.15) is 0 Å². The number of hydrogen-bond donors (Lipinski definition) is 1. The number of hydrogen-bond acceptors (Lipinski definition) is 6. The Bertz CT molecular complexity index is 987. The van der Waals surface area contributed by atoms with Gasteiger partial charge in [0, 0.05) is 36.6 Å². The van der Waals surface area contributed by atoms with Gasteiger partial charge in [0.1, 0.15) is 24.7 Å². The Morgan fingerprint density at radius 1 is 1.00 bits per heavy atom. The molecule has 2 aromatic carbocycles. The van der Waals surface area contributed by atoms with Crippen molar-refractivity contribution in [3.05, 3.63) is 82.0 Å². The van der Waals surface area contributed by atoms with Crippen molar-refractivity contribution in [2.45, 2.75) is 13.2 Å². The van der Waals surface area contributed by atoms with Crippen LogP contribution in [0.3, 0.4) is 0 Å². The van der Waals surface area contributed by atoms with Gasteiger partial charge >= 0.3 is 0 Å². The molecule has 0 bridgehead atoms. The lowest BCUT2D eigenvalue weighted by atomic mass is 10.1. The highest BCUT2D eigenvalue weighted by atomic mass is 32.1. The molecule has 0 saturated carbocycles. The molecule has 0 spiro atoms. The summed E-state index contributed by atoms with van der Waals surface area (Å²) in [7, 11) is 0. The first-order valence-corrected chi connectivity index (χ1v) is 11.7. The molecule has 1 aliphatic rings. The van der Waals surface area contributed by atoms with Crippen LogP contribution in [0.4, 0.5) is 0 Å². The maximum absolute atomic E-state index is 12.6. The molecule has 0 radical (unpaired) electrons. The zero-order valence-corrected chi connectivity index (χ0v) is 18.8. The molecule has 1 saturated heterocycles. The Kier molecular flexibility index (Phi) is 8.14. The summed E-state index contributed by atoms with van der Waals surface area (Å²) in [6.45, 7) is 5.94. The van der Waals surface area contributed by atoms with Crippen LogP contribution in [0.15, 0.2) is 66.0 Å². The van der Waals surface area contributed by atoms with Crippen molar-refractivity contribution in [2.24, 2.45) is 0 Å². The maximum Gasteiger partial charge on any atom is 0.251 e. The van der Waals surface area contributed by atoms with E-state index < -0.39 is 0 Å². The third-order valence-corrected chi connectivity index (χ3v) is 6.04. The van der Waals surface area contributed by atoms with Crippen molar-refractivity contribution >= 4 is 17.2 Å². The lowest BCUT2D eigenvalue weighted by Gasteiger charge is -2.26. The average molecular weight is 453 g/mol. The van der Waals surface area contributed by atoms with Gasteiger partial charge in [-0.15, -0.1) is 11.3 Å². The number of carbonyl (C=O) groups is 1. The Labute approximate surface area is 192 Å². The van der Waals surface area contributed by atoms with E-state index in [4.69, 9.17) is 14.2 Å². The molecular formula is C25H28N2O4S. The molecule has 1 aromatic heterocycles. The molecule has 0 atom stereocenters. The predicted octanol–water partition coefficient (Wildman–Crippen LogP) is 3.97. The zero-order chi connectivity index (χ0) is 22.0. The normalized spacial score (nSPS) is 14.1. The zero-order valence-electron chi connectivity index (χ0n) is 18.0. The van der Waals surface area contributed by atoms with Crippen LogP contribution < -0.4 is 14.8 Å². The number of rotatable bonds is 10. The van der Waals surface area contributed by atoms with Crippen LogP contribution in [-0.4, -0.2) is 50.3 Å². The van der Waals surface area contributed by atoms with Gasteiger partial charge in [0.15, 0.2) is 0 Å². The number of nitrogens with one attached hydrogen (secondary N) is 1. The van der Waals surface area contributed by atoms with Crippen LogP contribution in [0, 0.1) is 0 Å². The smallest absolute Gasteiger partial charge is 0.251 e. The van der Waals surface area contributed by atoms with Gasteiger partial charge in [-0.3, -0.25) is 9.69 Å². The average Bonchev–Trinajstić information content (AvgIpc) is 3.36. The Morgan fingerprint density at radius 3 is 2.62 bits per heavy atom. The number of amides is 1. The fraction of sp³-hybridized carbons (Fsp3) is 0.320. The SMILES string of the molecule is O=C(NCc1cccc(OCCN2CCOCC2)c1)c1cccc(OCc2cccs2)c1. The molecule has 1 amide bonds. The highest BCUT2D eigenvalue weighted by Gasteiger charge is 2.10. The van der Waals surface area contributed by atoms with Gasteiger partial charge in [-0.25, -0.2) is 0 Å². The van der Waals surface area contributed by atoms with Gasteiger partial charge in [-0.1, -0.05) is 24.3 Å². The van der Waals surface area contributed by atoms with Crippen LogP contribution in [0.2, 0.25) is 0 Å². The van der Waals surface area contributed by atoms with E-state index in [1.54, 1.807) is 23.5 Å². The van der Waals surface area contributed by atoms with Gasteiger partial charge in [0.2, 0.25) is 0 Å². The van der Waals surface area contributed by atoms with E-state index in [-0.39, 0.29) is 5.91 Å². The van der Waals surface area contributed by atoms with Crippen molar-refractivity contribution in [1.29, 1.82) is 0 Å². The summed E-state index contributed by atoms with van der Waals surface area (Å²) in [5, 5.41) is 5.00. The molecule has 32 heavy (non-hydrogen) atoms. The molecule has 1 aliphatic heterocycles. The highest BCUT2D eigenvalue weighted by molar-refractivity contribution is 7.09. The molecule has 6 nitrogen and oxygen atoms in total. The van der Waals surface area contributed by atoms with Crippen LogP contribution in [0.1, 0.15) is 20.8 Å². The minimum absolute atomic E-state index is 0.134. The summed E-state index contributed by atoms with van der Waals surface area (Å²) in [6, 6.07) is 19.1. The van der Waals surface area contributed by atoms with Crippen molar-refractivity contribution in [3.8, 4) is 11.5 Å². The molecule has 0 aliphatic carbocycles. The molecule has 1 fully saturated rings. The van der Waals surface area contributed by atoms with E-state index in [0.29, 0.717) is 31.1 Å². The standard InChI is InChI=1S/C25H28N2O4S/c28-25(21-5-2-7-23(17-21)31-19-24-8-3-15-32-24)26-18-20-4-1-6-22(16-20)30-14-11-27-9-12-29-13-10-27/h1-8,15-17H,9-14,18-19H2,(H,26,28). The first-order valence-electron chi connectivity index (χ1n) is 10.8. The number of morpholine rings is 1. The summed E-state index contributed by atoms with van der Waals surface area (Å²) in [5.41, 5.74) is 1.57. The van der Waals surface area contributed by atoms with Gasteiger partial charge in [-0.05, 0) is 47.3 Å². The van der Waals surface area contributed by atoms with Crippen molar-refractivity contribution in [3.63, 3.8) is 0 Å². The molecule has 4 rings (SSSR count). The Balaban J connectivity index is 1.24. The third kappa shape index (κ3) is 6.82. The number of ether oxygens (including phenoxy) is 3. The summed E-state index contributed by atoms with van der Waals surface area (Å²) in [6.07, 6.45) is 0. The van der Waals surface area contributed by atoms with Crippen LogP contribution >= 0.6 is 11.3 Å². The lowest BCUT2D eigenvalue weighted by Crippen LogP contribution is -2.38. The van der Waals surface area contributed by atoms with Crippen molar-refractivity contribution in [1.82, 2.24) is 10.2 Å². The number of benzene rings is 2. The fourth-order valence-electron chi connectivity index (χ4n) is 3.42. The third-order valence-electron chi connectivity index (χ3n) is 5.19. The highest BCUT2D eigenvalue weighted by Crippen LogP contribution is 2.18. The molecule has 0 unspecified atom stereocenters. The molecule has 2 heterocycles. The minimum atomic E-state index is -0.134. The summed E-state index contributed by atoms with van der Waals surface area (Å²) >= 11 is 1.65. The molecule has 3 aromatic rings. The molecular weight excluding hydrogens is 424 g/mol. The second-order valence-electron chi connectivity index (χ2n) is 7.53. The fourth-order valence-corrected chi connectivity index (χ4v) is 4.04. The van der Waals surface area contributed by atoms with Crippen LogP contribution in [0.5, 0.6) is 11.5 Å². The van der Waals surface area contributed by atoms with Crippen LogP contribution in [-0.2, 0) is 17.9 Å². The Hall–Kier alpha value is -2.87. The van der Waals surface area contributed by atoms with E-state index in [9.17, 15) is 4.79 Å². The monoisotopic (exact) mass is 452 g/mol. The van der Waals surface area contributed by atoms with Crippen molar-refractivity contribution in [2.75, 3.05) is 39.5 Å². The topological polar surface area (TPSA) is 60.0 Å². The van der Waals surface area contributed by atoms with Gasteiger partial charge in [0.05, 0.1) is 13.2 Å². The number of nitrogens with zero attached hydrogens (tertiary/aromatic N) is 1.